The van der Waals surface area contributed by atoms with Crippen molar-refractivity contribution in [2.75, 3.05) is 32.7 Å². The number of aliphatic hydroxyl groups excluding tert-OH is 1. The molecule has 0 saturated carbocycles. The molecule has 2 aliphatic heterocycles. The summed E-state index contributed by atoms with van der Waals surface area (Å²) >= 11 is 5.98. The second kappa shape index (κ2) is 7.93. The van der Waals surface area contributed by atoms with Gasteiger partial charge in [0, 0.05) is 37.6 Å². The van der Waals surface area contributed by atoms with Crippen LogP contribution in [-0.2, 0) is 14.2 Å². The number of hydrogen-bond acceptors (Lipinski definition) is 6. The Labute approximate surface area is 152 Å². The van der Waals surface area contributed by atoms with E-state index in [0.717, 1.165) is 35.4 Å². The zero-order valence-electron chi connectivity index (χ0n) is 14.6. The first-order valence-electron chi connectivity index (χ1n) is 8.29. The molecule has 6 nitrogen and oxygen atoms in total. The number of nitrogens with one attached hydrogen (secondary N) is 1. The molecule has 4 atom stereocenters. The van der Waals surface area contributed by atoms with Gasteiger partial charge in [0.25, 0.3) is 0 Å². The van der Waals surface area contributed by atoms with Crippen LogP contribution >= 0.6 is 11.6 Å². The minimum Gasteiger partial charge on any atom is -0.462 e. The van der Waals surface area contributed by atoms with E-state index in [2.05, 4.69) is 5.32 Å². The maximum absolute atomic E-state index is 10.4. The first-order valence-corrected chi connectivity index (χ1v) is 8.72. The first-order chi connectivity index (χ1) is 12.1. The van der Waals surface area contributed by atoms with Crippen molar-refractivity contribution >= 4 is 22.9 Å². The molecule has 1 saturated heterocycles. The third kappa shape index (κ3) is 3.64. The van der Waals surface area contributed by atoms with Crippen molar-refractivity contribution < 1.29 is 24.1 Å². The maximum atomic E-state index is 10.4. The van der Waals surface area contributed by atoms with E-state index in [9.17, 15) is 5.11 Å². The second-order valence-corrected chi connectivity index (χ2v) is 6.48. The van der Waals surface area contributed by atoms with Gasteiger partial charge in [0.05, 0.1) is 6.61 Å². The number of hydrogen-bond donors (Lipinski definition) is 2. The summed E-state index contributed by atoms with van der Waals surface area (Å²) in [5, 5.41) is 13.8. The highest BCUT2D eigenvalue weighted by Crippen LogP contribution is 2.37. The molecule has 0 bridgehead atoms. The van der Waals surface area contributed by atoms with Gasteiger partial charge in [-0.2, -0.15) is 0 Å². The molecule has 138 valence electrons. The minimum absolute atomic E-state index is 0.237. The Balaban J connectivity index is 1.84. The molecule has 0 unspecified atom stereocenters. The van der Waals surface area contributed by atoms with Crippen molar-refractivity contribution in [1.29, 1.82) is 0 Å². The smallest absolute Gasteiger partial charge is 0.229 e. The molecule has 2 heterocycles. The lowest BCUT2D eigenvalue weighted by molar-refractivity contribution is -0.253. The van der Waals surface area contributed by atoms with Crippen molar-refractivity contribution in [3.8, 4) is 5.75 Å². The summed E-state index contributed by atoms with van der Waals surface area (Å²) in [6.45, 7) is 3.11. The number of ether oxygens (including phenoxy) is 4. The normalized spacial score (nSPS) is 30.7. The number of fused-ring (bicyclic) bond motifs is 1. The molecule has 1 fully saturated rings. The average molecular weight is 370 g/mol. The third-order valence-corrected chi connectivity index (χ3v) is 4.98. The van der Waals surface area contributed by atoms with Crippen LogP contribution in [-0.4, -0.2) is 57.1 Å². The number of aryl methyl sites for hydroxylation is 1. The molecule has 1 aromatic carbocycles. The summed E-state index contributed by atoms with van der Waals surface area (Å²) in [7, 11) is 3.05. The van der Waals surface area contributed by atoms with Crippen LogP contribution in [0.15, 0.2) is 17.7 Å². The van der Waals surface area contributed by atoms with Crippen molar-refractivity contribution in [2.45, 2.75) is 37.9 Å². The number of aliphatic hydroxyl groups is 1. The fourth-order valence-corrected chi connectivity index (χ4v) is 3.56. The van der Waals surface area contributed by atoms with Crippen molar-refractivity contribution in [3.63, 3.8) is 0 Å². The molecule has 25 heavy (non-hydrogen) atoms. The molecule has 2 N–H and O–H groups in total. The molecule has 2 aliphatic rings. The predicted molar refractivity (Wildman–Crippen MR) is 96.1 cm³/mol. The highest BCUT2D eigenvalue weighted by molar-refractivity contribution is 6.28. The number of anilines is 1. The topological polar surface area (TPSA) is 69.2 Å². The van der Waals surface area contributed by atoms with E-state index < -0.39 is 24.6 Å². The Morgan fingerprint density at radius 3 is 2.80 bits per heavy atom. The molecule has 0 aliphatic carbocycles. The number of rotatable bonds is 4. The van der Waals surface area contributed by atoms with Gasteiger partial charge in [-0.3, -0.25) is 0 Å². The predicted octanol–water partition coefficient (Wildman–Crippen LogP) is 2.52. The highest BCUT2D eigenvalue weighted by Gasteiger charge is 2.41. The first kappa shape index (κ1) is 18.5. The van der Waals surface area contributed by atoms with Gasteiger partial charge in [-0.1, -0.05) is 11.6 Å². The van der Waals surface area contributed by atoms with Crippen LogP contribution in [0.3, 0.4) is 0 Å². The van der Waals surface area contributed by atoms with E-state index in [4.69, 9.17) is 30.5 Å². The maximum Gasteiger partial charge on any atom is 0.229 e. The zero-order chi connectivity index (χ0) is 18.0. The van der Waals surface area contributed by atoms with E-state index in [0.29, 0.717) is 5.75 Å². The number of methoxy groups -OCH3 is 2. The monoisotopic (exact) mass is 369 g/mol. The largest absolute Gasteiger partial charge is 0.462 e. The Morgan fingerprint density at radius 2 is 2.12 bits per heavy atom. The summed E-state index contributed by atoms with van der Waals surface area (Å²) < 4.78 is 22.3. The van der Waals surface area contributed by atoms with Gasteiger partial charge in [-0.05, 0) is 36.6 Å². The Bertz CT molecular complexity index is 651. The fourth-order valence-electron chi connectivity index (χ4n) is 3.33. The van der Waals surface area contributed by atoms with E-state index in [-0.39, 0.29) is 6.61 Å². The molecule has 1 aromatic rings. The van der Waals surface area contributed by atoms with Gasteiger partial charge in [0.15, 0.2) is 0 Å². The van der Waals surface area contributed by atoms with Gasteiger partial charge in [0.2, 0.25) is 6.29 Å². The molecular formula is C18H24ClNO5. The van der Waals surface area contributed by atoms with Crippen LogP contribution in [0.1, 0.15) is 17.5 Å². The van der Waals surface area contributed by atoms with Gasteiger partial charge >= 0.3 is 0 Å². The molecule has 0 aromatic heterocycles. The van der Waals surface area contributed by atoms with Crippen molar-refractivity contribution in [2.24, 2.45) is 0 Å². The lowest BCUT2D eigenvalue weighted by Crippen LogP contribution is -2.56. The summed E-state index contributed by atoms with van der Waals surface area (Å²) in [6, 6.07) is 3.88. The van der Waals surface area contributed by atoms with E-state index >= 15 is 0 Å². The van der Waals surface area contributed by atoms with Gasteiger partial charge in [0.1, 0.15) is 24.1 Å². The summed E-state index contributed by atoms with van der Waals surface area (Å²) in [5.74, 6) is 0.645. The van der Waals surface area contributed by atoms with Crippen molar-refractivity contribution in [1.82, 2.24) is 0 Å². The summed E-state index contributed by atoms with van der Waals surface area (Å²) in [6.07, 6.45) is -1.77. The summed E-state index contributed by atoms with van der Waals surface area (Å²) in [5.41, 5.74) is 5.83. The Hall–Kier alpha value is -1.31. The zero-order valence-corrected chi connectivity index (χ0v) is 15.4. The van der Waals surface area contributed by atoms with Crippen molar-refractivity contribution in [3.05, 3.63) is 28.8 Å². The van der Waals surface area contributed by atoms with Gasteiger partial charge < -0.3 is 29.4 Å². The SMILES string of the molecule is CO[C@H]1[C@H](Oc2cc(C)c3c(c2)/C(=C/Cl)CCN3)OC[C@@H](OC)[C@@H]1O. The van der Waals surface area contributed by atoms with Crippen LogP contribution in [0.5, 0.6) is 5.75 Å². The Morgan fingerprint density at radius 1 is 1.32 bits per heavy atom. The van der Waals surface area contributed by atoms with E-state index in [1.165, 1.54) is 14.2 Å². The third-order valence-electron chi connectivity index (χ3n) is 4.72. The molecule has 0 radical (unpaired) electrons. The average Bonchev–Trinajstić information content (AvgIpc) is 2.62. The van der Waals surface area contributed by atoms with Gasteiger partial charge in [-0.25, -0.2) is 0 Å². The van der Waals surface area contributed by atoms with Gasteiger partial charge in [-0.15, -0.1) is 0 Å². The van der Waals surface area contributed by atoms with Crippen LogP contribution in [0, 0.1) is 6.92 Å². The van der Waals surface area contributed by atoms with E-state index in [1.807, 2.05) is 19.1 Å². The molecule has 3 rings (SSSR count). The lowest BCUT2D eigenvalue weighted by Gasteiger charge is -2.38. The molecule has 0 amide bonds. The summed E-state index contributed by atoms with van der Waals surface area (Å²) in [4.78, 5) is 0. The van der Waals surface area contributed by atoms with E-state index in [1.54, 1.807) is 5.54 Å². The van der Waals surface area contributed by atoms with Crippen LogP contribution < -0.4 is 10.1 Å². The lowest BCUT2D eigenvalue weighted by atomic mass is 9.95. The standard InChI is InChI=1S/C18H24ClNO5/c1-10-6-12(7-13-11(8-19)4-5-20-15(10)13)25-18-17(23-3)16(21)14(22-2)9-24-18/h6-8,14,16-18,20-21H,4-5,9H2,1-3H3/b11-8+/t14-,16+,17-,18+/m1/s1. The number of benzene rings is 1. The number of halogens is 1. The fraction of sp³-hybridized carbons (Fsp3) is 0.556. The molecule has 7 heteroatoms. The molecular weight excluding hydrogens is 346 g/mol. The van der Waals surface area contributed by atoms with Crippen LogP contribution in [0.25, 0.3) is 5.57 Å². The highest BCUT2D eigenvalue weighted by atomic mass is 35.5. The minimum atomic E-state index is -0.826. The van der Waals surface area contributed by atoms with Crippen LogP contribution in [0.4, 0.5) is 5.69 Å². The second-order valence-electron chi connectivity index (χ2n) is 6.26. The van der Waals surface area contributed by atoms with Crippen LogP contribution in [0.2, 0.25) is 0 Å². The molecule has 0 spiro atoms. The Kier molecular flexibility index (Phi) is 5.86. The quantitative estimate of drug-likeness (QED) is 0.850.